The first-order chi connectivity index (χ1) is 15.2. The summed E-state index contributed by atoms with van der Waals surface area (Å²) in [5.74, 6) is 0.737. The molecule has 0 saturated carbocycles. The number of urea groups is 1. The second-order valence-electron chi connectivity index (χ2n) is 6.94. The molecule has 166 valence electrons. The summed E-state index contributed by atoms with van der Waals surface area (Å²) in [7, 11) is 3.25. The van der Waals surface area contributed by atoms with Crippen molar-refractivity contribution in [3.8, 4) is 5.75 Å². The molecular formula is C21H21Cl2N7O2. The molecule has 0 bridgehead atoms. The largest absolute Gasteiger partial charge is 0.471 e. The van der Waals surface area contributed by atoms with Crippen LogP contribution in [-0.2, 0) is 0 Å². The highest BCUT2D eigenvalue weighted by Crippen LogP contribution is 2.31. The molecule has 3 rings (SSSR count). The van der Waals surface area contributed by atoms with Crippen molar-refractivity contribution in [3.05, 3.63) is 75.7 Å². The maximum atomic E-state index is 11.7. The molecule has 0 radical (unpaired) electrons. The van der Waals surface area contributed by atoms with E-state index < -0.39 is 6.23 Å². The number of ether oxygens (including phenoxy) is 1. The van der Waals surface area contributed by atoms with E-state index in [1.54, 1.807) is 44.4 Å². The van der Waals surface area contributed by atoms with Crippen molar-refractivity contribution in [2.24, 2.45) is 5.73 Å². The van der Waals surface area contributed by atoms with Gasteiger partial charge >= 0.3 is 6.03 Å². The number of anilines is 2. The van der Waals surface area contributed by atoms with E-state index in [0.29, 0.717) is 33.9 Å². The van der Waals surface area contributed by atoms with E-state index in [1.165, 1.54) is 23.5 Å². The molecule has 32 heavy (non-hydrogen) atoms. The molecule has 1 aromatic carbocycles. The zero-order valence-electron chi connectivity index (χ0n) is 17.3. The van der Waals surface area contributed by atoms with Gasteiger partial charge in [0.2, 0.25) is 0 Å². The Balaban J connectivity index is 1.81. The Kier molecular flexibility index (Phi) is 7.14. The number of hydrogen-bond acceptors (Lipinski definition) is 7. The number of benzene rings is 1. The molecule has 0 aliphatic heterocycles. The van der Waals surface area contributed by atoms with Gasteiger partial charge in [-0.2, -0.15) is 0 Å². The van der Waals surface area contributed by atoms with Gasteiger partial charge in [-0.25, -0.2) is 9.78 Å². The Morgan fingerprint density at radius 2 is 1.84 bits per heavy atom. The number of nitrogens with zero attached hydrogens (tertiary/aromatic N) is 3. The van der Waals surface area contributed by atoms with Gasteiger partial charge in [0.05, 0.1) is 15.8 Å². The van der Waals surface area contributed by atoms with E-state index in [-0.39, 0.29) is 21.8 Å². The van der Waals surface area contributed by atoms with E-state index >= 15 is 0 Å². The number of pyridine rings is 2. The Morgan fingerprint density at radius 1 is 1.16 bits per heavy atom. The van der Waals surface area contributed by atoms with E-state index in [0.717, 1.165) is 0 Å². The van der Waals surface area contributed by atoms with E-state index in [4.69, 9.17) is 44.8 Å². The molecule has 0 aliphatic carbocycles. The minimum Gasteiger partial charge on any atom is -0.471 e. The molecule has 6 N–H and O–H groups in total. The summed E-state index contributed by atoms with van der Waals surface area (Å²) in [6.45, 7) is 0. The van der Waals surface area contributed by atoms with Crippen LogP contribution in [0.1, 0.15) is 22.9 Å². The Morgan fingerprint density at radius 3 is 2.44 bits per heavy atom. The smallest absolute Gasteiger partial charge is 0.322 e. The number of rotatable bonds is 6. The molecule has 3 aromatic rings. The van der Waals surface area contributed by atoms with E-state index in [1.807, 2.05) is 0 Å². The summed E-state index contributed by atoms with van der Waals surface area (Å²) in [5.41, 5.74) is 14.0. The van der Waals surface area contributed by atoms with Crippen LogP contribution >= 0.6 is 23.2 Å². The standard InChI is InChI=1S/C21H21Cl2N7O2/c1-30(2)21(31)29-17-6-3-11(8-28-17)19(25)13-7-12(4-5-16(13)24)32-20(26)18-14(22)9-27-10-15(18)23/h3-10,20,25H,24,26H2,1-2H3,(H,28,29,31)/t20-/m0/s1. The Hall–Kier alpha value is -3.40. The lowest BCUT2D eigenvalue weighted by atomic mass is 10.0. The van der Waals surface area contributed by atoms with Gasteiger partial charge in [0.15, 0.2) is 6.23 Å². The van der Waals surface area contributed by atoms with Crippen molar-refractivity contribution in [3.63, 3.8) is 0 Å². The number of hydrogen-bond donors (Lipinski definition) is 4. The monoisotopic (exact) mass is 473 g/mol. The molecule has 11 heteroatoms. The van der Waals surface area contributed by atoms with Gasteiger partial charge in [-0.1, -0.05) is 23.2 Å². The molecule has 0 saturated heterocycles. The van der Waals surface area contributed by atoms with Gasteiger partial charge in [-0.05, 0) is 30.3 Å². The molecular weight excluding hydrogens is 453 g/mol. The summed E-state index contributed by atoms with van der Waals surface area (Å²) >= 11 is 12.3. The Bertz CT molecular complexity index is 1130. The molecule has 0 spiro atoms. The van der Waals surface area contributed by atoms with Crippen LogP contribution in [-0.4, -0.2) is 40.7 Å². The van der Waals surface area contributed by atoms with Crippen LogP contribution in [0, 0.1) is 5.41 Å². The maximum Gasteiger partial charge on any atom is 0.322 e. The minimum absolute atomic E-state index is 0.125. The average Bonchev–Trinajstić information content (AvgIpc) is 2.75. The third kappa shape index (κ3) is 5.25. The number of nitrogens with one attached hydrogen (secondary N) is 2. The average molecular weight is 474 g/mol. The zero-order valence-corrected chi connectivity index (χ0v) is 18.8. The number of carbonyl (C=O) groups excluding carboxylic acids is 1. The molecule has 9 nitrogen and oxygen atoms in total. The third-order valence-electron chi connectivity index (χ3n) is 4.43. The molecule has 0 aliphatic rings. The molecule has 2 amide bonds. The Labute approximate surface area is 194 Å². The predicted molar refractivity (Wildman–Crippen MR) is 126 cm³/mol. The van der Waals surface area contributed by atoms with Crippen LogP contribution in [0.25, 0.3) is 0 Å². The van der Waals surface area contributed by atoms with Crippen LogP contribution in [0.5, 0.6) is 5.75 Å². The summed E-state index contributed by atoms with van der Waals surface area (Å²) in [5, 5.41) is 11.7. The highest BCUT2D eigenvalue weighted by atomic mass is 35.5. The first kappa shape index (κ1) is 23.3. The van der Waals surface area contributed by atoms with Crippen LogP contribution < -0.4 is 21.5 Å². The number of nitrogen functional groups attached to an aromatic ring is 1. The third-order valence-corrected chi connectivity index (χ3v) is 5.03. The van der Waals surface area contributed by atoms with Crippen LogP contribution in [0.15, 0.2) is 48.9 Å². The minimum atomic E-state index is -0.954. The molecule has 2 aromatic heterocycles. The van der Waals surface area contributed by atoms with Gasteiger partial charge in [-0.15, -0.1) is 0 Å². The maximum absolute atomic E-state index is 11.7. The number of nitrogens with two attached hydrogens (primary N) is 2. The lowest BCUT2D eigenvalue weighted by Gasteiger charge is -2.18. The fraction of sp³-hybridized carbons (Fsp3) is 0.143. The number of halogens is 2. The quantitative estimate of drug-likeness (QED) is 0.242. The summed E-state index contributed by atoms with van der Waals surface area (Å²) in [6, 6.07) is 7.80. The normalized spacial score (nSPS) is 11.5. The van der Waals surface area contributed by atoms with Crippen molar-refractivity contribution in [2.75, 3.05) is 25.1 Å². The van der Waals surface area contributed by atoms with E-state index in [9.17, 15) is 4.79 Å². The van der Waals surface area contributed by atoms with E-state index in [2.05, 4.69) is 15.3 Å². The first-order valence-corrected chi connectivity index (χ1v) is 10.1. The van der Waals surface area contributed by atoms with Crippen LogP contribution in [0.2, 0.25) is 10.0 Å². The SMILES string of the molecule is CN(C)C(=O)Nc1ccc(C(=N)c2cc(O[C@H](N)c3c(Cl)cncc3Cl)ccc2N)cn1. The van der Waals surface area contributed by atoms with Crippen LogP contribution in [0.4, 0.5) is 16.3 Å². The predicted octanol–water partition coefficient (Wildman–Crippen LogP) is 3.91. The van der Waals surface area contributed by atoms with Crippen molar-refractivity contribution in [1.29, 1.82) is 5.41 Å². The topological polar surface area (TPSA) is 143 Å². The fourth-order valence-corrected chi connectivity index (χ4v) is 3.30. The van der Waals surface area contributed by atoms with Crippen molar-refractivity contribution in [1.82, 2.24) is 14.9 Å². The van der Waals surface area contributed by atoms with Gasteiger partial charge in [-0.3, -0.25) is 21.4 Å². The van der Waals surface area contributed by atoms with Crippen molar-refractivity contribution in [2.45, 2.75) is 6.23 Å². The lowest BCUT2D eigenvalue weighted by Crippen LogP contribution is -2.27. The number of aromatic nitrogens is 2. The molecule has 2 heterocycles. The summed E-state index contributed by atoms with van der Waals surface area (Å²) < 4.78 is 5.79. The zero-order chi connectivity index (χ0) is 23.4. The molecule has 1 atom stereocenters. The van der Waals surface area contributed by atoms with Crippen molar-refractivity contribution >= 4 is 46.4 Å². The molecule has 0 fully saturated rings. The number of amides is 2. The second-order valence-corrected chi connectivity index (χ2v) is 7.75. The molecule has 0 unspecified atom stereocenters. The summed E-state index contributed by atoms with van der Waals surface area (Å²) in [4.78, 5) is 21.2. The van der Waals surface area contributed by atoms with Gasteiger partial charge in [0.1, 0.15) is 11.6 Å². The highest BCUT2D eigenvalue weighted by Gasteiger charge is 2.18. The van der Waals surface area contributed by atoms with Crippen molar-refractivity contribution < 1.29 is 9.53 Å². The highest BCUT2D eigenvalue weighted by molar-refractivity contribution is 6.35. The van der Waals surface area contributed by atoms with Gasteiger partial charge in [0.25, 0.3) is 0 Å². The fourth-order valence-electron chi connectivity index (χ4n) is 2.72. The second kappa shape index (κ2) is 9.82. The van der Waals surface area contributed by atoms with Gasteiger partial charge in [0, 0.05) is 55.1 Å². The summed E-state index contributed by atoms with van der Waals surface area (Å²) in [6.07, 6.45) is 3.37. The van der Waals surface area contributed by atoms with Gasteiger partial charge < -0.3 is 15.4 Å². The first-order valence-electron chi connectivity index (χ1n) is 9.31. The lowest BCUT2D eigenvalue weighted by molar-refractivity contribution is 0.214. The number of carbonyl (C=O) groups is 1. The van der Waals surface area contributed by atoms with Crippen LogP contribution in [0.3, 0.4) is 0 Å².